The van der Waals surface area contributed by atoms with E-state index in [-0.39, 0.29) is 5.78 Å². The second-order valence-corrected chi connectivity index (χ2v) is 3.19. The van der Waals surface area contributed by atoms with Crippen molar-refractivity contribution in [2.75, 3.05) is 7.11 Å². The first-order valence-electron chi connectivity index (χ1n) is 4.76. The van der Waals surface area contributed by atoms with Gasteiger partial charge < -0.3 is 4.74 Å². The van der Waals surface area contributed by atoms with Crippen LogP contribution in [0.5, 0.6) is 5.75 Å². The molecule has 0 heterocycles. The van der Waals surface area contributed by atoms with Gasteiger partial charge >= 0.3 is 0 Å². The average Bonchev–Trinajstić information content (AvgIpc) is 2.26. The summed E-state index contributed by atoms with van der Waals surface area (Å²) in [4.78, 5) is 11.3. The number of carbonyl (C=O) groups is 1. The van der Waals surface area contributed by atoms with Gasteiger partial charge in [-0.25, -0.2) is 0 Å². The molecule has 0 fully saturated rings. The summed E-state index contributed by atoms with van der Waals surface area (Å²) in [6, 6.07) is 5.45. The zero-order valence-corrected chi connectivity index (χ0v) is 9.13. The number of hydrogen-bond acceptors (Lipinski definition) is 3. The Kier molecular flexibility index (Phi) is 3.46. The van der Waals surface area contributed by atoms with Gasteiger partial charge in [-0.15, -0.1) is 0 Å². The van der Waals surface area contributed by atoms with Crippen molar-refractivity contribution in [1.29, 1.82) is 5.26 Å². The first kappa shape index (κ1) is 11.3. The summed E-state index contributed by atoms with van der Waals surface area (Å²) in [6.45, 7) is 3.42. The molecule has 0 atom stereocenters. The minimum atomic E-state index is -0.0222. The van der Waals surface area contributed by atoms with Gasteiger partial charge in [0, 0.05) is 5.56 Å². The first-order valence-corrected chi connectivity index (χ1v) is 4.76. The van der Waals surface area contributed by atoms with Crippen LogP contribution in [-0.4, -0.2) is 12.9 Å². The van der Waals surface area contributed by atoms with E-state index in [1.807, 2.05) is 6.92 Å². The lowest BCUT2D eigenvalue weighted by Crippen LogP contribution is -2.03. The van der Waals surface area contributed by atoms with Gasteiger partial charge in [0.1, 0.15) is 11.8 Å². The van der Waals surface area contributed by atoms with E-state index in [0.29, 0.717) is 23.3 Å². The van der Waals surface area contributed by atoms with Crippen molar-refractivity contribution in [1.82, 2.24) is 0 Å². The predicted molar refractivity (Wildman–Crippen MR) is 57.1 cm³/mol. The molecule has 15 heavy (non-hydrogen) atoms. The molecule has 0 radical (unpaired) electrons. The Morgan fingerprint density at radius 3 is 2.60 bits per heavy atom. The largest absolute Gasteiger partial charge is 0.495 e. The molecule has 0 bridgehead atoms. The maximum absolute atomic E-state index is 11.3. The van der Waals surface area contributed by atoms with E-state index in [0.717, 1.165) is 5.56 Å². The van der Waals surface area contributed by atoms with E-state index in [9.17, 15) is 4.79 Å². The van der Waals surface area contributed by atoms with Crippen LogP contribution in [0.3, 0.4) is 0 Å². The molecule has 1 aromatic carbocycles. The molecule has 3 heteroatoms. The molecule has 3 nitrogen and oxygen atoms in total. The fourth-order valence-electron chi connectivity index (χ4n) is 1.62. The highest BCUT2D eigenvalue weighted by atomic mass is 16.5. The van der Waals surface area contributed by atoms with Crippen molar-refractivity contribution >= 4 is 5.78 Å². The summed E-state index contributed by atoms with van der Waals surface area (Å²) < 4.78 is 5.08. The first-order chi connectivity index (χ1) is 7.15. The van der Waals surface area contributed by atoms with Crippen molar-refractivity contribution in [2.45, 2.75) is 20.3 Å². The highest BCUT2D eigenvalue weighted by molar-refractivity contribution is 5.96. The zero-order chi connectivity index (χ0) is 11.4. The van der Waals surface area contributed by atoms with E-state index in [2.05, 4.69) is 6.07 Å². The molecular weight excluding hydrogens is 190 g/mol. The quantitative estimate of drug-likeness (QED) is 0.708. The predicted octanol–water partition coefficient (Wildman–Crippen LogP) is 2.33. The van der Waals surface area contributed by atoms with Gasteiger partial charge in [-0.1, -0.05) is 6.92 Å². The Morgan fingerprint density at radius 2 is 2.20 bits per heavy atom. The molecule has 0 amide bonds. The minimum Gasteiger partial charge on any atom is -0.495 e. The molecule has 0 aliphatic rings. The number of ether oxygens (including phenoxy) is 1. The van der Waals surface area contributed by atoms with Crippen LogP contribution in [-0.2, 0) is 6.42 Å². The van der Waals surface area contributed by atoms with Crippen molar-refractivity contribution in [2.24, 2.45) is 0 Å². The maximum atomic E-state index is 11.3. The molecule has 1 aromatic rings. The second-order valence-electron chi connectivity index (χ2n) is 3.19. The van der Waals surface area contributed by atoms with E-state index in [1.54, 1.807) is 12.1 Å². The molecule has 0 unspecified atom stereocenters. The number of nitriles is 1. The maximum Gasteiger partial charge on any atom is 0.160 e. The number of ketones is 1. The molecule has 78 valence electrons. The highest BCUT2D eigenvalue weighted by Gasteiger charge is 2.14. The Labute approximate surface area is 89.3 Å². The summed E-state index contributed by atoms with van der Waals surface area (Å²) >= 11 is 0. The summed E-state index contributed by atoms with van der Waals surface area (Å²) in [6.07, 6.45) is 0.648. The number of Topliss-reactive ketones (excluding diaryl/α,β-unsaturated/α-hetero) is 1. The third-order valence-corrected chi connectivity index (χ3v) is 2.34. The third-order valence-electron chi connectivity index (χ3n) is 2.34. The van der Waals surface area contributed by atoms with Crippen LogP contribution >= 0.6 is 0 Å². The lowest BCUT2D eigenvalue weighted by Gasteiger charge is -2.10. The van der Waals surface area contributed by atoms with E-state index < -0.39 is 0 Å². The fourth-order valence-corrected chi connectivity index (χ4v) is 1.62. The standard InChI is InChI=1S/C12H13NO2/c1-4-9-10(8(2)14)5-6-12(15-3)11(9)7-13/h5-6H,4H2,1-3H3. The molecule has 0 aromatic heterocycles. The molecule has 0 aliphatic heterocycles. The van der Waals surface area contributed by atoms with Crippen LogP contribution in [0.25, 0.3) is 0 Å². The van der Waals surface area contributed by atoms with Crippen LogP contribution < -0.4 is 4.74 Å². The molecule has 0 saturated heterocycles. The SMILES string of the molecule is CCc1c(C(C)=O)ccc(OC)c1C#N. The Balaban J connectivity index is 3.50. The molecule has 0 N–H and O–H groups in total. The lowest BCUT2D eigenvalue weighted by atomic mass is 9.96. The van der Waals surface area contributed by atoms with Gasteiger partial charge in [-0.3, -0.25) is 4.79 Å². The van der Waals surface area contributed by atoms with Crippen molar-refractivity contribution in [3.63, 3.8) is 0 Å². The van der Waals surface area contributed by atoms with E-state index in [1.165, 1.54) is 14.0 Å². The van der Waals surface area contributed by atoms with Crippen molar-refractivity contribution in [3.05, 3.63) is 28.8 Å². The Bertz CT molecular complexity index is 430. The van der Waals surface area contributed by atoms with Gasteiger partial charge in [-0.2, -0.15) is 5.26 Å². The second kappa shape index (κ2) is 4.61. The smallest absolute Gasteiger partial charge is 0.160 e. The van der Waals surface area contributed by atoms with Crippen LogP contribution in [0.4, 0.5) is 0 Å². The summed E-state index contributed by atoms with van der Waals surface area (Å²) in [5, 5.41) is 9.03. The third kappa shape index (κ3) is 1.99. The summed E-state index contributed by atoms with van der Waals surface area (Å²) in [7, 11) is 1.52. The Hall–Kier alpha value is -1.82. The molecule has 0 aliphatic carbocycles. The monoisotopic (exact) mass is 203 g/mol. The van der Waals surface area contributed by atoms with Gasteiger partial charge in [0.15, 0.2) is 5.78 Å². The number of carbonyl (C=O) groups excluding carboxylic acids is 1. The Morgan fingerprint density at radius 1 is 1.53 bits per heavy atom. The molecular formula is C12H13NO2. The molecule has 1 rings (SSSR count). The van der Waals surface area contributed by atoms with Crippen LogP contribution in [0.15, 0.2) is 12.1 Å². The van der Waals surface area contributed by atoms with Gasteiger partial charge in [-0.05, 0) is 31.0 Å². The average molecular weight is 203 g/mol. The van der Waals surface area contributed by atoms with Crippen LogP contribution in [0, 0.1) is 11.3 Å². The van der Waals surface area contributed by atoms with Crippen molar-refractivity contribution in [3.8, 4) is 11.8 Å². The topological polar surface area (TPSA) is 50.1 Å². The number of nitrogens with zero attached hydrogens (tertiary/aromatic N) is 1. The number of rotatable bonds is 3. The molecule has 0 spiro atoms. The number of methoxy groups -OCH3 is 1. The summed E-state index contributed by atoms with van der Waals surface area (Å²) in [5.41, 5.74) is 1.84. The van der Waals surface area contributed by atoms with E-state index >= 15 is 0 Å². The molecule has 0 saturated carbocycles. The minimum absolute atomic E-state index is 0.0222. The highest BCUT2D eigenvalue weighted by Crippen LogP contribution is 2.25. The zero-order valence-electron chi connectivity index (χ0n) is 9.13. The van der Waals surface area contributed by atoms with Gasteiger partial charge in [0.05, 0.1) is 12.7 Å². The van der Waals surface area contributed by atoms with Crippen LogP contribution in [0.2, 0.25) is 0 Å². The summed E-state index contributed by atoms with van der Waals surface area (Å²) in [5.74, 6) is 0.505. The normalized spacial score (nSPS) is 9.47. The lowest BCUT2D eigenvalue weighted by molar-refractivity contribution is 0.101. The fraction of sp³-hybridized carbons (Fsp3) is 0.333. The van der Waals surface area contributed by atoms with Crippen molar-refractivity contribution < 1.29 is 9.53 Å². The van der Waals surface area contributed by atoms with Crippen LogP contribution in [0.1, 0.15) is 35.3 Å². The number of hydrogen-bond donors (Lipinski definition) is 0. The van der Waals surface area contributed by atoms with E-state index in [4.69, 9.17) is 10.00 Å². The number of benzene rings is 1. The van der Waals surface area contributed by atoms with Gasteiger partial charge in [0.2, 0.25) is 0 Å². The van der Waals surface area contributed by atoms with Gasteiger partial charge in [0.25, 0.3) is 0 Å².